The van der Waals surface area contributed by atoms with Crippen molar-refractivity contribution < 1.29 is 28.2 Å². The van der Waals surface area contributed by atoms with E-state index in [0.717, 1.165) is 53.1 Å². The van der Waals surface area contributed by atoms with E-state index in [-0.39, 0.29) is 37.3 Å². The van der Waals surface area contributed by atoms with Gasteiger partial charge in [-0.25, -0.2) is 14.8 Å². The molecular formula is C34H50F2N6O4. The molecule has 46 heavy (non-hydrogen) atoms. The highest BCUT2D eigenvalue weighted by Gasteiger charge is 2.40. The normalized spacial score (nSPS) is 19.0. The molecule has 1 aliphatic carbocycles. The third-order valence-electron chi connectivity index (χ3n) is 8.18. The number of amides is 1. The molecule has 12 heteroatoms. The van der Waals surface area contributed by atoms with Crippen molar-refractivity contribution in [3.05, 3.63) is 58.7 Å². The molecule has 1 aromatic heterocycles. The number of carboxylic acids is 1. The van der Waals surface area contributed by atoms with E-state index in [9.17, 15) is 23.5 Å². The van der Waals surface area contributed by atoms with Crippen molar-refractivity contribution in [1.82, 2.24) is 20.5 Å². The third-order valence-corrected chi connectivity index (χ3v) is 8.18. The Labute approximate surface area is 271 Å². The van der Waals surface area contributed by atoms with Crippen LogP contribution >= 0.6 is 0 Å². The maximum Gasteiger partial charge on any atom is 0.326 e. The third kappa shape index (κ3) is 11.9. The van der Waals surface area contributed by atoms with Crippen molar-refractivity contribution in [1.29, 1.82) is 0 Å². The number of pyridine rings is 1. The van der Waals surface area contributed by atoms with Gasteiger partial charge in [0.15, 0.2) is 0 Å². The molecule has 0 bridgehead atoms. The van der Waals surface area contributed by atoms with Gasteiger partial charge in [0.25, 0.3) is 0 Å². The first-order chi connectivity index (χ1) is 22.0. The van der Waals surface area contributed by atoms with Gasteiger partial charge in [-0.05, 0) is 76.1 Å². The Bertz CT molecular complexity index is 1310. The van der Waals surface area contributed by atoms with Crippen LogP contribution in [0, 0.1) is 18.8 Å². The number of aromatic nitrogens is 1. The molecule has 3 unspecified atom stereocenters. The quantitative estimate of drug-likeness (QED) is 0.0733. The van der Waals surface area contributed by atoms with E-state index >= 15 is 0 Å². The smallest absolute Gasteiger partial charge is 0.326 e. The number of carbonyl (C=O) groups excluding carboxylic acids is 1. The van der Waals surface area contributed by atoms with Crippen LogP contribution in [0.3, 0.4) is 0 Å². The molecule has 0 spiro atoms. The first-order valence-corrected chi connectivity index (χ1v) is 15.7. The monoisotopic (exact) mass is 644 g/mol. The zero-order valence-electron chi connectivity index (χ0n) is 28.1. The molecule has 1 aromatic rings. The van der Waals surface area contributed by atoms with Gasteiger partial charge in [0.05, 0.1) is 18.0 Å². The fourth-order valence-corrected chi connectivity index (χ4v) is 5.20. The van der Waals surface area contributed by atoms with Crippen LogP contribution in [0.4, 0.5) is 8.78 Å². The molecular weight excluding hydrogens is 594 g/mol. The number of carboxylic acid groups (broad SMARTS) is 1. The first kappa shape index (κ1) is 38.4. The molecule has 1 aliphatic rings. The van der Waals surface area contributed by atoms with E-state index in [2.05, 4.69) is 25.2 Å². The average molecular weight is 645 g/mol. The van der Waals surface area contributed by atoms with Crippen LogP contribution in [0.1, 0.15) is 76.2 Å². The summed E-state index contributed by atoms with van der Waals surface area (Å²) < 4.78 is 30.6. The van der Waals surface area contributed by atoms with E-state index in [1.54, 1.807) is 20.4 Å². The zero-order chi connectivity index (χ0) is 34.2. The van der Waals surface area contributed by atoms with Crippen molar-refractivity contribution in [3.63, 3.8) is 0 Å². The Morgan fingerprint density at radius 3 is 2.57 bits per heavy atom. The molecule has 1 fully saturated rings. The maximum atomic E-state index is 12.6. The number of carbonyl (C=O) groups is 2. The van der Waals surface area contributed by atoms with E-state index in [1.165, 1.54) is 4.90 Å². The van der Waals surface area contributed by atoms with E-state index in [1.807, 2.05) is 44.3 Å². The number of nitrogens with zero attached hydrogens (tertiary/aromatic N) is 4. The van der Waals surface area contributed by atoms with Crippen LogP contribution in [-0.2, 0) is 14.3 Å². The summed E-state index contributed by atoms with van der Waals surface area (Å²) in [7, 11) is 3.28. The average Bonchev–Trinajstić information content (AvgIpc) is 3.81. The Morgan fingerprint density at radius 1 is 1.28 bits per heavy atom. The molecule has 1 amide bonds. The van der Waals surface area contributed by atoms with E-state index in [0.29, 0.717) is 25.0 Å². The molecule has 0 radical (unpaired) electrons. The molecule has 0 aromatic carbocycles. The lowest BCUT2D eigenvalue weighted by Gasteiger charge is -2.26. The number of ether oxygens (including phenoxy) is 1. The van der Waals surface area contributed by atoms with Gasteiger partial charge in [0.2, 0.25) is 6.41 Å². The maximum absolute atomic E-state index is 12.6. The minimum atomic E-state index is -2.77. The predicted octanol–water partition coefficient (Wildman–Crippen LogP) is 5.57. The summed E-state index contributed by atoms with van der Waals surface area (Å²) in [6, 6.07) is 2.91. The second-order valence-corrected chi connectivity index (χ2v) is 11.5. The fourth-order valence-electron chi connectivity index (χ4n) is 5.20. The molecule has 254 valence electrons. The van der Waals surface area contributed by atoms with Crippen molar-refractivity contribution >= 4 is 30.0 Å². The van der Waals surface area contributed by atoms with Crippen LogP contribution in [-0.4, -0.2) is 85.9 Å². The summed E-state index contributed by atoms with van der Waals surface area (Å²) in [6.07, 6.45) is 9.70. The minimum Gasteiger partial charge on any atom is -0.480 e. The van der Waals surface area contributed by atoms with Gasteiger partial charge in [-0.3, -0.25) is 9.78 Å². The number of methoxy groups -OCH3 is 1. The zero-order valence-corrected chi connectivity index (χ0v) is 28.1. The number of nitrogens with one attached hydrogen (secondary N) is 2. The standard InChI is InChI=1S/C34H50F2N6O4/c1-8-22(4)32(41-27(10-3)20-46-7)38-19-25(9-2)30-12-11-28(23(5)40-30)29-16-26(29)13-14-42(21-43)31(33(44)45)15-24(17-37-6)18-39-34(35)36/h9-12,18-19,21-22,26,29,31,34,37,39H,8,13-17,20H2,1-7H3,(H,44,45)/b24-18-,25-9+,27-10-,38-19?,41-32?/t22?,26-,29?,31?/m1/s1. The highest BCUT2D eigenvalue weighted by Crippen LogP contribution is 2.50. The second kappa shape index (κ2) is 19.7. The van der Waals surface area contributed by atoms with Crippen LogP contribution in [0.2, 0.25) is 0 Å². The molecule has 10 nitrogen and oxygen atoms in total. The van der Waals surface area contributed by atoms with Gasteiger partial charge in [-0.2, -0.15) is 8.78 Å². The SMILES string of the molecule is C/C=C(/COC)N=C(N=C/C(=C\C)c1ccc(C2C[C@H]2CCN(C=O)C(C/C(=C/NC(F)F)CNC)C(=O)O)c(C)n1)C(C)CC. The minimum absolute atomic E-state index is 0.0713. The first-order valence-electron chi connectivity index (χ1n) is 15.7. The summed E-state index contributed by atoms with van der Waals surface area (Å²) in [5.74, 6) is 0.258. The molecule has 4 atom stereocenters. The van der Waals surface area contributed by atoms with Gasteiger partial charge in [0.1, 0.15) is 11.9 Å². The molecule has 2 rings (SSSR count). The number of likely N-dealkylation sites (N-methyl/N-ethyl adjacent to an activating group) is 1. The number of alkyl halides is 2. The van der Waals surface area contributed by atoms with E-state index in [4.69, 9.17) is 19.7 Å². The van der Waals surface area contributed by atoms with Gasteiger partial charge in [-0.15, -0.1) is 0 Å². The number of aliphatic imine (C=N–C) groups is 2. The molecule has 0 aliphatic heterocycles. The number of halogens is 2. The van der Waals surface area contributed by atoms with Gasteiger partial charge < -0.3 is 25.4 Å². The Balaban J connectivity index is 2.13. The molecule has 1 heterocycles. The highest BCUT2D eigenvalue weighted by molar-refractivity contribution is 6.13. The van der Waals surface area contributed by atoms with Crippen molar-refractivity contribution in [2.24, 2.45) is 21.8 Å². The van der Waals surface area contributed by atoms with E-state index < -0.39 is 18.6 Å². The Morgan fingerprint density at radius 2 is 2.02 bits per heavy atom. The van der Waals surface area contributed by atoms with Crippen LogP contribution in [0.15, 0.2) is 51.7 Å². The number of aryl methyl sites for hydroxylation is 1. The Kier molecular flexibility index (Phi) is 16.4. The number of aliphatic carboxylic acids is 1. The summed E-state index contributed by atoms with van der Waals surface area (Å²) in [4.78, 5) is 39.6. The summed E-state index contributed by atoms with van der Waals surface area (Å²) in [6.45, 7) is 8.15. The summed E-state index contributed by atoms with van der Waals surface area (Å²) in [5.41, 5.74) is 4.97. The number of hydrogen-bond donors (Lipinski definition) is 3. The largest absolute Gasteiger partial charge is 0.480 e. The molecule has 0 saturated heterocycles. The Hall–Kier alpha value is -3.77. The van der Waals surface area contributed by atoms with Gasteiger partial charge in [0, 0.05) is 56.2 Å². The lowest BCUT2D eigenvalue weighted by atomic mass is 10.0. The summed E-state index contributed by atoms with van der Waals surface area (Å²) in [5, 5.41) is 14.6. The lowest BCUT2D eigenvalue weighted by molar-refractivity contribution is -0.146. The fraction of sp³-hybridized carbons (Fsp3) is 0.559. The van der Waals surface area contributed by atoms with Gasteiger partial charge in [-0.1, -0.05) is 32.1 Å². The second-order valence-electron chi connectivity index (χ2n) is 11.5. The van der Waals surface area contributed by atoms with Crippen LogP contribution in [0.5, 0.6) is 0 Å². The predicted molar refractivity (Wildman–Crippen MR) is 179 cm³/mol. The van der Waals surface area contributed by atoms with Crippen molar-refractivity contribution in [3.8, 4) is 0 Å². The number of amidine groups is 1. The lowest BCUT2D eigenvalue weighted by Crippen LogP contribution is -2.42. The summed E-state index contributed by atoms with van der Waals surface area (Å²) >= 11 is 0. The van der Waals surface area contributed by atoms with Crippen LogP contribution < -0.4 is 10.6 Å². The highest BCUT2D eigenvalue weighted by atomic mass is 19.3. The number of allylic oxidation sites excluding steroid dienone is 3. The molecule has 1 saturated carbocycles. The topological polar surface area (TPSA) is 129 Å². The van der Waals surface area contributed by atoms with Crippen LogP contribution in [0.25, 0.3) is 5.57 Å². The molecule has 3 N–H and O–H groups in total. The van der Waals surface area contributed by atoms with Crippen molar-refractivity contribution in [2.75, 3.05) is 33.9 Å². The number of hydrogen-bond acceptors (Lipinski definition) is 7. The van der Waals surface area contributed by atoms with Crippen molar-refractivity contribution in [2.45, 2.75) is 78.8 Å². The number of rotatable bonds is 20. The van der Waals surface area contributed by atoms with Gasteiger partial charge >= 0.3 is 12.5 Å².